The summed E-state index contributed by atoms with van der Waals surface area (Å²) in [6.07, 6.45) is 9.57. The number of aromatic amines is 1. The van der Waals surface area contributed by atoms with Crippen LogP contribution in [0.1, 0.15) is 70.0 Å². The Morgan fingerprint density at radius 2 is 1.57 bits per heavy atom. The lowest BCUT2D eigenvalue weighted by molar-refractivity contribution is 0.151. The molecule has 1 aromatic carbocycles. The number of likely N-dealkylation sites (tertiary alicyclic amines) is 2. The Morgan fingerprint density at radius 1 is 0.943 bits per heavy atom. The number of phenols is 1. The lowest BCUT2D eigenvalue weighted by atomic mass is 9.99. The van der Waals surface area contributed by atoms with Gasteiger partial charge in [-0.2, -0.15) is 0 Å². The van der Waals surface area contributed by atoms with E-state index in [1.54, 1.807) is 12.1 Å². The quantitative estimate of drug-likeness (QED) is 0.364. The van der Waals surface area contributed by atoms with Gasteiger partial charge in [0.1, 0.15) is 5.75 Å². The van der Waals surface area contributed by atoms with Crippen LogP contribution >= 0.6 is 0 Å². The number of phenolic OH excluding ortho intramolecular Hbond substituents is 1. The molecule has 7 nitrogen and oxygen atoms in total. The van der Waals surface area contributed by atoms with E-state index in [1.807, 2.05) is 0 Å². The van der Waals surface area contributed by atoms with E-state index in [2.05, 4.69) is 27.0 Å². The third-order valence-corrected chi connectivity index (χ3v) is 8.03. The van der Waals surface area contributed by atoms with Gasteiger partial charge in [0, 0.05) is 24.0 Å². The topological polar surface area (TPSA) is 91.8 Å². The Labute approximate surface area is 209 Å². The van der Waals surface area contributed by atoms with Gasteiger partial charge in [0.25, 0.3) is 0 Å². The van der Waals surface area contributed by atoms with Gasteiger partial charge in [-0.15, -0.1) is 0 Å². The van der Waals surface area contributed by atoms with Crippen molar-refractivity contribution in [2.24, 2.45) is 5.92 Å². The number of nitrogens with zero attached hydrogens (tertiary/aromatic N) is 2. The van der Waals surface area contributed by atoms with Gasteiger partial charge in [0.2, 0.25) is 5.56 Å². The van der Waals surface area contributed by atoms with Gasteiger partial charge in [-0.3, -0.25) is 4.79 Å². The molecule has 2 fully saturated rings. The highest BCUT2D eigenvalue weighted by Gasteiger charge is 2.21. The van der Waals surface area contributed by atoms with E-state index in [9.17, 15) is 15.0 Å². The minimum absolute atomic E-state index is 0.0191. The maximum atomic E-state index is 11.6. The zero-order chi connectivity index (χ0) is 24.6. The molecule has 0 bridgehead atoms. The Hall–Kier alpha value is -1.93. The van der Waals surface area contributed by atoms with Gasteiger partial charge in [-0.05, 0) is 101 Å². The van der Waals surface area contributed by atoms with Crippen molar-refractivity contribution in [3.8, 4) is 5.75 Å². The van der Waals surface area contributed by atoms with Gasteiger partial charge in [-0.25, -0.2) is 0 Å². The van der Waals surface area contributed by atoms with Crippen molar-refractivity contribution in [1.29, 1.82) is 0 Å². The zero-order valence-corrected chi connectivity index (χ0v) is 21.3. The number of H-pyrrole nitrogens is 1. The molecule has 2 aromatic rings. The Balaban J connectivity index is 1.10. The first kappa shape index (κ1) is 26.1. The SMILES string of the molecule is CC1CCN(CCCCCCN2CCC(NC[C@@H](O)c3ccc(O)c4[nH]c(=O)ccc34)CC2)CC1. The number of hydrogen-bond acceptors (Lipinski definition) is 6. The van der Waals surface area contributed by atoms with Crippen molar-refractivity contribution in [2.45, 2.75) is 70.4 Å². The van der Waals surface area contributed by atoms with Crippen LogP contribution in [0.4, 0.5) is 0 Å². The number of pyridine rings is 1. The van der Waals surface area contributed by atoms with E-state index >= 15 is 0 Å². The number of benzene rings is 1. The van der Waals surface area contributed by atoms with E-state index in [1.165, 1.54) is 76.8 Å². The number of piperidine rings is 2. The first-order valence-electron chi connectivity index (χ1n) is 13.7. The molecular weight excluding hydrogens is 440 g/mol. The largest absolute Gasteiger partial charge is 0.506 e. The molecule has 3 heterocycles. The molecule has 2 aliphatic heterocycles. The van der Waals surface area contributed by atoms with Gasteiger partial charge in [0.15, 0.2) is 0 Å². The molecule has 2 aliphatic rings. The molecule has 4 rings (SSSR count). The lowest BCUT2D eigenvalue weighted by Gasteiger charge is -2.33. The van der Waals surface area contributed by atoms with E-state index in [0.717, 1.165) is 31.8 Å². The third kappa shape index (κ3) is 7.53. The molecule has 7 heteroatoms. The van der Waals surface area contributed by atoms with Crippen LogP contribution in [0.15, 0.2) is 29.1 Å². The number of nitrogens with one attached hydrogen (secondary N) is 2. The summed E-state index contributed by atoms with van der Waals surface area (Å²) in [6, 6.07) is 6.77. The molecule has 1 aromatic heterocycles. The summed E-state index contributed by atoms with van der Waals surface area (Å²) in [5.41, 5.74) is 0.828. The average Bonchev–Trinajstić information content (AvgIpc) is 2.87. The zero-order valence-electron chi connectivity index (χ0n) is 21.3. The van der Waals surface area contributed by atoms with E-state index in [-0.39, 0.29) is 11.3 Å². The highest BCUT2D eigenvalue weighted by molar-refractivity contribution is 5.87. The van der Waals surface area contributed by atoms with Crippen LogP contribution in [0.25, 0.3) is 10.9 Å². The standard InChI is InChI=1S/C28H44N4O3/c1-21-10-16-31(17-11-21)14-4-2-3-5-15-32-18-12-22(13-19-32)29-20-26(34)23-6-8-25(33)28-24(23)7-9-27(35)30-28/h6-9,21-22,26,29,33-34H,2-5,10-20H2,1H3,(H,30,35)/t26-/m1/s1. The molecule has 2 saturated heterocycles. The molecule has 1 atom stereocenters. The maximum Gasteiger partial charge on any atom is 0.248 e. The predicted octanol–water partition coefficient (Wildman–Crippen LogP) is 3.61. The number of rotatable bonds is 11. The smallest absolute Gasteiger partial charge is 0.248 e. The van der Waals surface area contributed by atoms with Gasteiger partial charge in [0.05, 0.1) is 11.6 Å². The van der Waals surface area contributed by atoms with Crippen molar-refractivity contribution >= 4 is 10.9 Å². The molecule has 4 N–H and O–H groups in total. The molecule has 0 spiro atoms. The minimum atomic E-state index is -0.699. The van der Waals surface area contributed by atoms with Crippen molar-refractivity contribution < 1.29 is 10.2 Å². The summed E-state index contributed by atoms with van der Waals surface area (Å²) < 4.78 is 0. The van der Waals surface area contributed by atoms with Crippen molar-refractivity contribution in [3.63, 3.8) is 0 Å². The fourth-order valence-electron chi connectivity index (χ4n) is 5.61. The normalized spacial score (nSPS) is 19.9. The molecular formula is C28H44N4O3. The monoisotopic (exact) mass is 484 g/mol. The van der Waals surface area contributed by atoms with E-state index in [0.29, 0.717) is 29.1 Å². The Morgan fingerprint density at radius 3 is 2.23 bits per heavy atom. The first-order valence-corrected chi connectivity index (χ1v) is 13.7. The number of aromatic hydroxyl groups is 1. The van der Waals surface area contributed by atoms with Crippen LogP contribution in [-0.4, -0.2) is 76.9 Å². The summed E-state index contributed by atoms with van der Waals surface area (Å²) in [5, 5.41) is 25.1. The molecule has 0 amide bonds. The highest BCUT2D eigenvalue weighted by atomic mass is 16.3. The fourth-order valence-corrected chi connectivity index (χ4v) is 5.61. The number of aliphatic hydroxyl groups excluding tert-OH is 1. The number of aliphatic hydroxyl groups is 1. The lowest BCUT2D eigenvalue weighted by Crippen LogP contribution is -2.43. The van der Waals surface area contributed by atoms with Crippen LogP contribution in [-0.2, 0) is 0 Å². The predicted molar refractivity (Wildman–Crippen MR) is 142 cm³/mol. The third-order valence-electron chi connectivity index (χ3n) is 8.03. The average molecular weight is 485 g/mol. The van der Waals surface area contributed by atoms with Gasteiger partial charge < -0.3 is 30.3 Å². The van der Waals surface area contributed by atoms with E-state index in [4.69, 9.17) is 0 Å². The Kier molecular flexibility index (Phi) is 9.60. The summed E-state index contributed by atoms with van der Waals surface area (Å²) in [5.74, 6) is 0.939. The molecule has 0 radical (unpaired) electrons. The number of fused-ring (bicyclic) bond motifs is 1. The molecule has 0 saturated carbocycles. The number of aromatic nitrogens is 1. The van der Waals surface area contributed by atoms with Crippen LogP contribution < -0.4 is 10.9 Å². The second-order valence-electron chi connectivity index (χ2n) is 10.8. The number of hydrogen-bond donors (Lipinski definition) is 4. The highest BCUT2D eigenvalue weighted by Crippen LogP contribution is 2.28. The second kappa shape index (κ2) is 12.9. The van der Waals surface area contributed by atoms with Gasteiger partial charge in [-0.1, -0.05) is 25.8 Å². The summed E-state index contributed by atoms with van der Waals surface area (Å²) in [4.78, 5) is 19.5. The minimum Gasteiger partial charge on any atom is -0.506 e. The molecule has 0 unspecified atom stereocenters. The van der Waals surface area contributed by atoms with Crippen molar-refractivity contribution in [1.82, 2.24) is 20.1 Å². The number of unbranched alkanes of at least 4 members (excludes halogenated alkanes) is 3. The molecule has 0 aliphatic carbocycles. The van der Waals surface area contributed by atoms with Crippen LogP contribution in [0, 0.1) is 5.92 Å². The molecule has 35 heavy (non-hydrogen) atoms. The molecule has 194 valence electrons. The van der Waals surface area contributed by atoms with Crippen LogP contribution in [0.3, 0.4) is 0 Å². The van der Waals surface area contributed by atoms with Crippen molar-refractivity contribution in [3.05, 3.63) is 40.2 Å². The second-order valence-corrected chi connectivity index (χ2v) is 10.8. The summed E-state index contributed by atoms with van der Waals surface area (Å²) in [7, 11) is 0. The maximum absolute atomic E-state index is 11.6. The summed E-state index contributed by atoms with van der Waals surface area (Å²) >= 11 is 0. The van der Waals surface area contributed by atoms with Crippen LogP contribution in [0.5, 0.6) is 5.75 Å². The van der Waals surface area contributed by atoms with Crippen LogP contribution in [0.2, 0.25) is 0 Å². The summed E-state index contributed by atoms with van der Waals surface area (Å²) in [6.45, 7) is 10.2. The first-order chi connectivity index (χ1) is 17.0. The van der Waals surface area contributed by atoms with E-state index < -0.39 is 6.10 Å². The van der Waals surface area contributed by atoms with Gasteiger partial charge >= 0.3 is 0 Å². The Bertz CT molecular complexity index is 978. The van der Waals surface area contributed by atoms with Crippen molar-refractivity contribution in [2.75, 3.05) is 45.8 Å². The fraction of sp³-hybridized carbons (Fsp3) is 0.679.